The minimum absolute atomic E-state index is 0.455. The average molecular weight is 640 g/mol. The van der Waals surface area contributed by atoms with Gasteiger partial charge in [0.25, 0.3) is 0 Å². The summed E-state index contributed by atoms with van der Waals surface area (Å²) < 4.78 is 0. The number of aromatic nitrogens is 7. The van der Waals surface area contributed by atoms with Crippen molar-refractivity contribution in [2.75, 3.05) is 0 Å². The molecule has 0 radical (unpaired) electrons. The van der Waals surface area contributed by atoms with Gasteiger partial charge in [-0.3, -0.25) is 9.97 Å². The molecule has 0 N–H and O–H groups in total. The van der Waals surface area contributed by atoms with E-state index in [0.717, 1.165) is 60.3 Å². The Labute approximate surface area is 286 Å². The van der Waals surface area contributed by atoms with Crippen LogP contribution in [-0.2, 0) is 0 Å². The maximum Gasteiger partial charge on any atom is 0.182 e. The largest absolute Gasteiger partial charge is 0.254 e. The van der Waals surface area contributed by atoms with Gasteiger partial charge in [-0.15, -0.1) is 0 Å². The molecule has 0 atom stereocenters. The van der Waals surface area contributed by atoms with Crippen LogP contribution < -0.4 is 0 Å². The molecule has 0 bridgehead atoms. The van der Waals surface area contributed by atoms with Crippen LogP contribution in [0.25, 0.3) is 99.9 Å². The Bertz CT molecular complexity index is 2800. The zero-order chi connectivity index (χ0) is 33.0. The van der Waals surface area contributed by atoms with E-state index in [1.165, 1.54) is 10.8 Å². The van der Waals surface area contributed by atoms with Crippen LogP contribution in [0.3, 0.4) is 0 Å². The number of benzene rings is 5. The molecule has 0 unspecified atom stereocenters. The van der Waals surface area contributed by atoms with Gasteiger partial charge in [-0.05, 0) is 52.2 Å². The van der Waals surface area contributed by atoms with Gasteiger partial charge < -0.3 is 0 Å². The Hall–Kier alpha value is -6.99. The van der Waals surface area contributed by atoms with Gasteiger partial charge in [0.05, 0.1) is 22.1 Å². The predicted octanol–water partition coefficient (Wildman–Crippen LogP) is 9.89. The molecule has 7 heteroatoms. The molecule has 0 fully saturated rings. The third kappa shape index (κ3) is 4.79. The molecule has 0 aliphatic carbocycles. The lowest BCUT2D eigenvalue weighted by Gasteiger charge is -2.10. The fourth-order valence-electron chi connectivity index (χ4n) is 6.61. The second kappa shape index (κ2) is 11.3. The molecule has 0 amide bonds. The van der Waals surface area contributed by atoms with Gasteiger partial charge >= 0.3 is 0 Å². The van der Waals surface area contributed by atoms with Crippen molar-refractivity contribution in [1.82, 2.24) is 34.9 Å². The van der Waals surface area contributed by atoms with Crippen LogP contribution in [-0.4, -0.2) is 34.9 Å². The van der Waals surface area contributed by atoms with Crippen LogP contribution >= 0.6 is 0 Å². The number of pyridine rings is 4. The highest BCUT2D eigenvalue weighted by atomic mass is 15.1. The summed E-state index contributed by atoms with van der Waals surface area (Å²) in [5, 5.41) is 6.46. The van der Waals surface area contributed by atoms with Crippen LogP contribution in [0.4, 0.5) is 0 Å². The van der Waals surface area contributed by atoms with Gasteiger partial charge in [-0.25, -0.2) is 24.9 Å². The van der Waals surface area contributed by atoms with Crippen molar-refractivity contribution < 1.29 is 0 Å². The molecule has 10 rings (SSSR count). The van der Waals surface area contributed by atoms with Crippen molar-refractivity contribution in [3.8, 4) is 45.6 Å². The average Bonchev–Trinajstić information content (AvgIpc) is 3.20. The first kappa shape index (κ1) is 28.1. The third-order valence-electron chi connectivity index (χ3n) is 9.18. The highest BCUT2D eigenvalue weighted by Crippen LogP contribution is 2.31. The second-order valence-corrected chi connectivity index (χ2v) is 12.3. The van der Waals surface area contributed by atoms with E-state index in [-0.39, 0.29) is 0 Å². The summed E-state index contributed by atoms with van der Waals surface area (Å²) >= 11 is 0. The number of fused-ring (bicyclic) bond motifs is 7. The van der Waals surface area contributed by atoms with E-state index in [1.807, 2.05) is 48.5 Å². The van der Waals surface area contributed by atoms with Crippen molar-refractivity contribution >= 4 is 54.4 Å². The molecule has 0 aliphatic heterocycles. The minimum atomic E-state index is 0.455. The van der Waals surface area contributed by atoms with E-state index < -0.39 is 0 Å². The lowest BCUT2D eigenvalue weighted by atomic mass is 10.0. The third-order valence-corrected chi connectivity index (χ3v) is 9.18. The lowest BCUT2D eigenvalue weighted by Crippen LogP contribution is -2.02. The monoisotopic (exact) mass is 639 g/mol. The number of hydrogen-bond donors (Lipinski definition) is 0. The zero-order valence-electron chi connectivity index (χ0n) is 26.6. The summed E-state index contributed by atoms with van der Waals surface area (Å²) in [5.74, 6) is 1.44. The van der Waals surface area contributed by atoms with Gasteiger partial charge in [-0.1, -0.05) is 109 Å². The number of nitrogens with zero attached hydrogens (tertiary/aromatic N) is 7. The van der Waals surface area contributed by atoms with Crippen LogP contribution in [0.15, 0.2) is 152 Å². The van der Waals surface area contributed by atoms with Gasteiger partial charge in [0.2, 0.25) is 0 Å². The molecule has 232 valence electrons. The molecule has 7 nitrogen and oxygen atoms in total. The molecule has 5 aromatic carbocycles. The standard InChI is InChI=1S/C43H25N7/c1-2-6-33-25-34(18-11-26(33)5-1)27-9-16-32(17-10-27)41-48-42(35-21-19-30-14-12-28-7-3-23-44-37(28)39(30)46-35)50-43(49-41)36-22-20-31-15-13-29-8-4-24-45-38(29)40(31)47-36/h1-25H. The van der Waals surface area contributed by atoms with Crippen molar-refractivity contribution in [2.45, 2.75) is 0 Å². The van der Waals surface area contributed by atoms with Crippen LogP contribution in [0.1, 0.15) is 0 Å². The van der Waals surface area contributed by atoms with E-state index in [2.05, 4.69) is 101 Å². The quantitative estimate of drug-likeness (QED) is 0.177. The maximum absolute atomic E-state index is 5.07. The van der Waals surface area contributed by atoms with Gasteiger partial charge in [0, 0.05) is 39.5 Å². The Balaban J connectivity index is 1.14. The van der Waals surface area contributed by atoms with E-state index in [9.17, 15) is 0 Å². The highest BCUT2D eigenvalue weighted by Gasteiger charge is 2.16. The van der Waals surface area contributed by atoms with E-state index in [0.29, 0.717) is 28.9 Å². The summed E-state index contributed by atoms with van der Waals surface area (Å²) in [4.78, 5) is 34.4. The normalized spacial score (nSPS) is 11.6. The summed E-state index contributed by atoms with van der Waals surface area (Å²) in [6.07, 6.45) is 3.58. The van der Waals surface area contributed by atoms with Crippen LogP contribution in [0, 0.1) is 0 Å². The molecular weight excluding hydrogens is 615 g/mol. The molecular formula is C43H25N7. The Morgan fingerprint density at radius 1 is 0.280 bits per heavy atom. The number of rotatable bonds is 4. The molecule has 5 aromatic heterocycles. The smallest absolute Gasteiger partial charge is 0.182 e. The molecule has 0 spiro atoms. The van der Waals surface area contributed by atoms with Crippen LogP contribution in [0.5, 0.6) is 0 Å². The van der Waals surface area contributed by atoms with Gasteiger partial charge in [-0.2, -0.15) is 0 Å². The molecule has 0 aliphatic rings. The van der Waals surface area contributed by atoms with E-state index in [1.54, 1.807) is 12.4 Å². The molecule has 5 heterocycles. The summed E-state index contributed by atoms with van der Waals surface area (Å²) in [5.41, 5.74) is 7.63. The van der Waals surface area contributed by atoms with E-state index in [4.69, 9.17) is 24.9 Å². The maximum atomic E-state index is 5.07. The Morgan fingerprint density at radius 2 is 0.720 bits per heavy atom. The SMILES string of the molecule is c1ccc2cc(-c3ccc(-c4nc(-c5ccc6ccc7cccnc7c6n5)nc(-c5ccc6ccc7cccnc7c6n5)n4)cc3)ccc2c1. The second-order valence-electron chi connectivity index (χ2n) is 12.3. The first-order valence-electron chi connectivity index (χ1n) is 16.4. The van der Waals surface area contributed by atoms with Crippen molar-refractivity contribution in [3.63, 3.8) is 0 Å². The lowest BCUT2D eigenvalue weighted by molar-refractivity contribution is 1.05. The van der Waals surface area contributed by atoms with Crippen LogP contribution in [0.2, 0.25) is 0 Å². The zero-order valence-corrected chi connectivity index (χ0v) is 26.6. The topological polar surface area (TPSA) is 90.2 Å². The molecule has 0 saturated carbocycles. The predicted molar refractivity (Wildman–Crippen MR) is 200 cm³/mol. The molecule has 10 aromatic rings. The van der Waals surface area contributed by atoms with Gasteiger partial charge in [0.15, 0.2) is 17.5 Å². The number of hydrogen-bond acceptors (Lipinski definition) is 7. The summed E-state index contributed by atoms with van der Waals surface area (Å²) in [6, 6.07) is 47.5. The van der Waals surface area contributed by atoms with Crippen molar-refractivity contribution in [1.29, 1.82) is 0 Å². The fourth-order valence-corrected chi connectivity index (χ4v) is 6.61. The highest BCUT2D eigenvalue weighted by molar-refractivity contribution is 6.04. The summed E-state index contributed by atoms with van der Waals surface area (Å²) in [6.45, 7) is 0. The first-order chi connectivity index (χ1) is 24.7. The van der Waals surface area contributed by atoms with E-state index >= 15 is 0 Å². The molecule has 0 saturated heterocycles. The molecule has 50 heavy (non-hydrogen) atoms. The Kier molecular flexibility index (Phi) is 6.35. The fraction of sp³-hybridized carbons (Fsp3) is 0. The summed E-state index contributed by atoms with van der Waals surface area (Å²) in [7, 11) is 0. The minimum Gasteiger partial charge on any atom is -0.254 e. The Morgan fingerprint density at radius 3 is 1.32 bits per heavy atom. The van der Waals surface area contributed by atoms with Crippen molar-refractivity contribution in [3.05, 3.63) is 152 Å². The van der Waals surface area contributed by atoms with Crippen molar-refractivity contribution in [2.24, 2.45) is 0 Å². The first-order valence-corrected chi connectivity index (χ1v) is 16.4. The van der Waals surface area contributed by atoms with Gasteiger partial charge in [0.1, 0.15) is 11.4 Å².